The fraction of sp³-hybridized carbons (Fsp3) is 0. The van der Waals surface area contributed by atoms with E-state index in [1.165, 1.54) is 18.3 Å². The maximum absolute atomic E-state index is 13.8. The smallest absolute Gasteiger partial charge is 0.249 e. The maximum Gasteiger partial charge on any atom is 0.249 e. The van der Waals surface area contributed by atoms with Gasteiger partial charge in [-0.15, -0.1) is 0 Å². The molecule has 0 atom stereocenters. The minimum atomic E-state index is -1.13. The SMILES string of the molecule is Nc1cc(-c2ccc3c(n2)[nH]c2ccncc23)ccc1[18F].[18F]c1cnc([19F])cc1-c1ccc2c(n1)[nH]c1ccncc12.[18F]c1nccc(-c2ccc3c(n2)[nH]c2ccncc23)c1[19F]. The predicted octanol–water partition coefficient (Wildman–Crippen LogP) is 10.4. The molecule has 0 spiro atoms. The molecular formula is C46H27F5N12. The van der Waals surface area contributed by atoms with Crippen molar-refractivity contribution < 1.29 is 22.0 Å². The number of fused-ring (bicyclic) bond motifs is 9. The Morgan fingerprint density at radius 3 is 1.48 bits per heavy atom. The van der Waals surface area contributed by atoms with Crippen LogP contribution < -0.4 is 5.73 Å². The van der Waals surface area contributed by atoms with Crippen molar-refractivity contribution in [3.05, 3.63) is 164 Å². The summed E-state index contributed by atoms with van der Waals surface area (Å²) in [5, 5.41) is 5.69. The van der Waals surface area contributed by atoms with Crippen LogP contribution in [0.4, 0.5) is 27.6 Å². The first-order valence-corrected chi connectivity index (χ1v) is 19.0. The summed E-state index contributed by atoms with van der Waals surface area (Å²) in [6, 6.07) is 23.5. The van der Waals surface area contributed by atoms with E-state index in [1.807, 2.05) is 48.7 Å². The molecular weight excluding hydrogens is 813 g/mol. The molecule has 0 unspecified atom stereocenters. The van der Waals surface area contributed by atoms with E-state index in [1.54, 1.807) is 55.2 Å². The normalized spacial score (nSPS) is 11.3. The number of halogens is 5. The molecule has 17 heteroatoms. The molecule has 0 saturated carbocycles. The number of rotatable bonds is 3. The van der Waals surface area contributed by atoms with Gasteiger partial charge in [-0.3, -0.25) is 15.0 Å². The van der Waals surface area contributed by atoms with Crippen LogP contribution in [0.2, 0.25) is 0 Å². The van der Waals surface area contributed by atoms with Crippen molar-refractivity contribution in [1.82, 2.24) is 54.8 Å². The maximum atomic E-state index is 13.8. The Labute approximate surface area is 350 Å². The van der Waals surface area contributed by atoms with Crippen LogP contribution in [0.1, 0.15) is 0 Å². The van der Waals surface area contributed by atoms with E-state index in [9.17, 15) is 22.0 Å². The van der Waals surface area contributed by atoms with E-state index in [-0.39, 0.29) is 16.8 Å². The number of hydrogen-bond donors (Lipinski definition) is 4. The average molecular weight is 840 g/mol. The highest BCUT2D eigenvalue weighted by Gasteiger charge is 2.15. The summed E-state index contributed by atoms with van der Waals surface area (Å²) in [5.74, 6) is -3.90. The first kappa shape index (κ1) is 38.5. The van der Waals surface area contributed by atoms with Gasteiger partial charge in [0.05, 0.1) is 45.5 Å². The number of nitrogens with zero attached hydrogens (tertiary/aromatic N) is 8. The van der Waals surface area contributed by atoms with E-state index in [4.69, 9.17) is 5.73 Å². The predicted molar refractivity (Wildman–Crippen MR) is 230 cm³/mol. The fourth-order valence-electron chi connectivity index (χ4n) is 7.24. The van der Waals surface area contributed by atoms with Crippen LogP contribution in [-0.2, 0) is 0 Å². The molecule has 0 bridgehead atoms. The van der Waals surface area contributed by atoms with Crippen molar-refractivity contribution >= 4 is 71.5 Å². The number of nitrogen functional groups attached to an aromatic ring is 1. The highest BCUT2D eigenvalue weighted by atomic mass is 19.1. The van der Waals surface area contributed by atoms with E-state index < -0.39 is 29.3 Å². The van der Waals surface area contributed by atoms with Gasteiger partial charge in [-0.2, -0.15) is 8.78 Å². The van der Waals surface area contributed by atoms with Gasteiger partial charge in [0.25, 0.3) is 0 Å². The Balaban J connectivity index is 0.000000112. The van der Waals surface area contributed by atoms with Crippen LogP contribution >= 0.6 is 0 Å². The van der Waals surface area contributed by atoms with Gasteiger partial charge in [-0.1, -0.05) is 0 Å². The van der Waals surface area contributed by atoms with Gasteiger partial charge in [0, 0.05) is 98.5 Å². The second-order valence-corrected chi connectivity index (χ2v) is 14.1. The second kappa shape index (κ2) is 15.7. The number of benzene rings is 1. The third-order valence-electron chi connectivity index (χ3n) is 10.3. The molecule has 11 heterocycles. The standard InChI is InChI=1S/C16H11FN4.2C15H8F2N4/c17-12-3-1-9(7-13(12)18)14-4-2-10-11-8-19-6-5-15(11)21-16(10)20-14;16-13-9(3-6-19-14(13)17)11-2-1-8-10-7-18-5-4-12(10)21-15(8)20-11;16-11-7-19-14(17)5-9(11)12-2-1-8-10-6-18-4-3-13(10)21-15(8)20-12/h1-8H,18H2,(H,20,21);2*1-7H,(H,20,21)/i17-1;16+0,17-1;16-1,17+0. The number of hydrogen-bond acceptors (Lipinski definition) is 9. The molecule has 5 N–H and O–H groups in total. The Bertz CT molecular complexity index is 3590. The molecule has 306 valence electrons. The number of aromatic nitrogens is 11. The molecule has 11 aromatic heterocycles. The van der Waals surface area contributed by atoms with Gasteiger partial charge >= 0.3 is 0 Å². The number of nitrogens with one attached hydrogen (secondary N) is 3. The summed E-state index contributed by atoms with van der Waals surface area (Å²) in [4.78, 5) is 41.7. The molecule has 0 fully saturated rings. The Hall–Kier alpha value is -8.73. The van der Waals surface area contributed by atoms with Crippen LogP contribution in [-0.4, -0.2) is 54.8 Å². The van der Waals surface area contributed by atoms with Crippen molar-refractivity contribution in [2.75, 3.05) is 5.73 Å². The molecule has 0 aliphatic rings. The topological polar surface area (TPSA) is 177 Å². The van der Waals surface area contributed by atoms with Crippen molar-refractivity contribution in [1.29, 1.82) is 0 Å². The van der Waals surface area contributed by atoms with Crippen molar-refractivity contribution in [3.63, 3.8) is 0 Å². The largest absolute Gasteiger partial charge is 0.396 e. The van der Waals surface area contributed by atoms with Crippen molar-refractivity contribution in [2.45, 2.75) is 0 Å². The van der Waals surface area contributed by atoms with E-state index in [2.05, 4.69) is 54.8 Å². The minimum Gasteiger partial charge on any atom is -0.396 e. The third kappa shape index (κ3) is 7.22. The van der Waals surface area contributed by atoms with Gasteiger partial charge in [-0.05, 0) is 78.9 Å². The molecule has 12 rings (SSSR count). The van der Waals surface area contributed by atoms with Gasteiger partial charge in [-0.25, -0.2) is 38.1 Å². The molecule has 63 heavy (non-hydrogen) atoms. The zero-order valence-corrected chi connectivity index (χ0v) is 32.2. The molecule has 0 radical (unpaired) electrons. The monoisotopic (exact) mass is 839 g/mol. The lowest BCUT2D eigenvalue weighted by atomic mass is 10.1. The molecule has 0 amide bonds. The lowest BCUT2D eigenvalue weighted by Crippen LogP contribution is -1.94. The van der Waals surface area contributed by atoms with Gasteiger partial charge < -0.3 is 20.7 Å². The van der Waals surface area contributed by atoms with Gasteiger partial charge in [0.1, 0.15) is 22.8 Å². The Morgan fingerprint density at radius 2 is 0.937 bits per heavy atom. The summed E-state index contributed by atoms with van der Waals surface area (Å²) in [7, 11) is 0. The molecule has 0 aliphatic carbocycles. The summed E-state index contributed by atoms with van der Waals surface area (Å²) < 4.78 is 67.2. The van der Waals surface area contributed by atoms with Crippen LogP contribution in [0.3, 0.4) is 0 Å². The van der Waals surface area contributed by atoms with Gasteiger partial charge in [0.2, 0.25) is 11.9 Å². The molecule has 0 saturated heterocycles. The highest BCUT2D eigenvalue weighted by molar-refractivity contribution is 6.07. The van der Waals surface area contributed by atoms with Crippen LogP contribution in [0.25, 0.3) is 99.6 Å². The molecule has 12 nitrogen and oxygen atoms in total. The zero-order valence-electron chi connectivity index (χ0n) is 32.2. The average Bonchev–Trinajstić information content (AvgIpc) is 4.00. The summed E-state index contributed by atoms with van der Waals surface area (Å²) in [5.41, 5.74) is 12.9. The molecule has 0 aliphatic heterocycles. The molecule has 12 aromatic rings. The summed E-state index contributed by atoms with van der Waals surface area (Å²) >= 11 is 0. The molecule has 1 aromatic carbocycles. The fourth-order valence-corrected chi connectivity index (χ4v) is 7.24. The van der Waals surface area contributed by atoms with E-state index in [0.717, 1.165) is 78.0 Å². The van der Waals surface area contributed by atoms with E-state index in [0.29, 0.717) is 22.7 Å². The quantitative estimate of drug-likeness (QED) is 0.0766. The lowest BCUT2D eigenvalue weighted by Gasteiger charge is -2.03. The van der Waals surface area contributed by atoms with Gasteiger partial charge in [0.15, 0.2) is 11.6 Å². The van der Waals surface area contributed by atoms with Crippen molar-refractivity contribution in [2.24, 2.45) is 0 Å². The zero-order chi connectivity index (χ0) is 43.2. The second-order valence-electron chi connectivity index (χ2n) is 14.1. The van der Waals surface area contributed by atoms with E-state index >= 15 is 0 Å². The Morgan fingerprint density at radius 1 is 0.429 bits per heavy atom. The van der Waals surface area contributed by atoms with Crippen LogP contribution in [0.15, 0.2) is 135 Å². The Kier molecular flexibility index (Phi) is 9.59. The first-order valence-electron chi connectivity index (χ1n) is 19.0. The number of nitrogens with two attached hydrogens (primary N) is 1. The number of pyridine rings is 8. The minimum absolute atomic E-state index is 0.0844. The third-order valence-corrected chi connectivity index (χ3v) is 10.3. The number of anilines is 1. The first-order chi connectivity index (χ1) is 30.7. The van der Waals surface area contributed by atoms with Crippen LogP contribution in [0.5, 0.6) is 0 Å². The van der Waals surface area contributed by atoms with Crippen molar-refractivity contribution in [3.8, 4) is 33.8 Å². The lowest BCUT2D eigenvalue weighted by molar-refractivity contribution is 0.481. The summed E-state index contributed by atoms with van der Waals surface area (Å²) in [6.07, 6.45) is 12.4. The highest BCUT2D eigenvalue weighted by Crippen LogP contribution is 2.31. The number of H-pyrrole nitrogens is 3. The van der Waals surface area contributed by atoms with Crippen LogP contribution in [0, 0.1) is 29.3 Å². The number of aromatic amines is 3. The summed E-state index contributed by atoms with van der Waals surface area (Å²) in [6.45, 7) is 0.